The molecule has 1 aromatic heterocycles. The number of hydrogen-bond donors (Lipinski definition) is 1. The number of fused-ring (bicyclic) bond motifs is 1. The lowest BCUT2D eigenvalue weighted by atomic mass is 10.2. The number of pyridine rings is 1. The minimum absolute atomic E-state index is 0.0555. The number of aromatic hydroxyl groups is 1. The highest BCUT2D eigenvalue weighted by Gasteiger charge is 2.14. The standard InChI is InChI=1S/C11H11NO3/c1-14-10-9(13)7-5-3-4-6-8(7)12-11(10)15-2/h3-6H,1-2H3,(H,12,13). The number of methoxy groups -OCH3 is 2. The van der Waals surface area contributed by atoms with E-state index in [4.69, 9.17) is 9.47 Å². The molecule has 0 radical (unpaired) electrons. The Morgan fingerprint density at radius 3 is 2.53 bits per heavy atom. The van der Waals surface area contributed by atoms with Crippen LogP contribution in [0.4, 0.5) is 0 Å². The Bertz CT molecular complexity index is 496. The smallest absolute Gasteiger partial charge is 0.261 e. The van der Waals surface area contributed by atoms with Gasteiger partial charge in [-0.15, -0.1) is 0 Å². The SMILES string of the molecule is COc1nc2ccccc2c(O)c1OC. The van der Waals surface area contributed by atoms with Gasteiger partial charge >= 0.3 is 0 Å². The van der Waals surface area contributed by atoms with Crippen molar-refractivity contribution in [3.8, 4) is 17.4 Å². The summed E-state index contributed by atoms with van der Waals surface area (Å²) in [5, 5.41) is 10.6. The van der Waals surface area contributed by atoms with E-state index < -0.39 is 0 Å². The molecule has 2 aromatic rings. The summed E-state index contributed by atoms with van der Waals surface area (Å²) in [6, 6.07) is 7.26. The van der Waals surface area contributed by atoms with E-state index >= 15 is 0 Å². The molecule has 1 heterocycles. The zero-order valence-electron chi connectivity index (χ0n) is 8.52. The van der Waals surface area contributed by atoms with Crippen LogP contribution < -0.4 is 9.47 Å². The summed E-state index contributed by atoms with van der Waals surface area (Å²) in [7, 11) is 2.95. The lowest BCUT2D eigenvalue weighted by molar-refractivity contribution is 0.326. The molecule has 0 spiro atoms. The van der Waals surface area contributed by atoms with Crippen LogP contribution in [-0.4, -0.2) is 24.3 Å². The van der Waals surface area contributed by atoms with Crippen molar-refractivity contribution in [2.75, 3.05) is 14.2 Å². The maximum atomic E-state index is 9.92. The molecule has 4 nitrogen and oxygen atoms in total. The van der Waals surface area contributed by atoms with Gasteiger partial charge in [0, 0.05) is 5.39 Å². The molecule has 0 fully saturated rings. The van der Waals surface area contributed by atoms with Gasteiger partial charge in [-0.1, -0.05) is 12.1 Å². The van der Waals surface area contributed by atoms with Crippen molar-refractivity contribution >= 4 is 10.9 Å². The molecule has 1 aromatic carbocycles. The predicted octanol–water partition coefficient (Wildman–Crippen LogP) is 1.96. The highest BCUT2D eigenvalue weighted by molar-refractivity contribution is 5.88. The fraction of sp³-hybridized carbons (Fsp3) is 0.182. The normalized spacial score (nSPS) is 10.3. The third-order valence-corrected chi connectivity index (χ3v) is 2.19. The molecule has 78 valence electrons. The van der Waals surface area contributed by atoms with Gasteiger partial charge in [-0.2, -0.15) is 0 Å². The van der Waals surface area contributed by atoms with E-state index in [1.54, 1.807) is 12.1 Å². The fourth-order valence-corrected chi connectivity index (χ4v) is 1.48. The Morgan fingerprint density at radius 1 is 1.13 bits per heavy atom. The topological polar surface area (TPSA) is 51.6 Å². The monoisotopic (exact) mass is 205 g/mol. The van der Waals surface area contributed by atoms with Crippen molar-refractivity contribution < 1.29 is 14.6 Å². The van der Waals surface area contributed by atoms with E-state index in [9.17, 15) is 5.11 Å². The molecule has 0 aliphatic rings. The fourth-order valence-electron chi connectivity index (χ4n) is 1.48. The predicted molar refractivity (Wildman–Crippen MR) is 56.5 cm³/mol. The third kappa shape index (κ3) is 1.44. The van der Waals surface area contributed by atoms with Crippen molar-refractivity contribution in [1.29, 1.82) is 0 Å². The van der Waals surface area contributed by atoms with Gasteiger partial charge in [0.2, 0.25) is 5.75 Å². The second kappa shape index (κ2) is 3.65. The van der Waals surface area contributed by atoms with Gasteiger partial charge in [0.15, 0.2) is 5.75 Å². The molecule has 0 unspecified atom stereocenters. The van der Waals surface area contributed by atoms with Gasteiger partial charge in [0.1, 0.15) is 0 Å². The summed E-state index contributed by atoms with van der Waals surface area (Å²) < 4.78 is 10.1. The molecule has 0 aliphatic heterocycles. The molecule has 0 saturated heterocycles. The number of rotatable bonds is 2. The molecular formula is C11H11NO3. The Hall–Kier alpha value is -1.97. The minimum atomic E-state index is 0.0555. The second-order valence-electron chi connectivity index (χ2n) is 3.02. The van der Waals surface area contributed by atoms with E-state index in [1.165, 1.54) is 14.2 Å². The number of nitrogens with zero attached hydrogens (tertiary/aromatic N) is 1. The Labute approximate surface area is 87.1 Å². The summed E-state index contributed by atoms with van der Waals surface area (Å²) in [6.07, 6.45) is 0. The van der Waals surface area contributed by atoms with Gasteiger partial charge in [-0.05, 0) is 12.1 Å². The van der Waals surface area contributed by atoms with Crippen molar-refractivity contribution in [1.82, 2.24) is 4.98 Å². The van der Waals surface area contributed by atoms with Crippen LogP contribution in [0.3, 0.4) is 0 Å². The molecule has 0 atom stereocenters. The minimum Gasteiger partial charge on any atom is -0.504 e. The molecular weight excluding hydrogens is 194 g/mol. The van der Waals surface area contributed by atoms with Crippen LogP contribution >= 0.6 is 0 Å². The maximum absolute atomic E-state index is 9.92. The molecule has 2 rings (SSSR count). The van der Waals surface area contributed by atoms with Gasteiger partial charge < -0.3 is 14.6 Å². The summed E-state index contributed by atoms with van der Waals surface area (Å²) in [4.78, 5) is 4.22. The lowest BCUT2D eigenvalue weighted by Gasteiger charge is -2.10. The zero-order chi connectivity index (χ0) is 10.8. The molecule has 0 saturated carbocycles. The second-order valence-corrected chi connectivity index (χ2v) is 3.02. The van der Waals surface area contributed by atoms with E-state index in [-0.39, 0.29) is 17.4 Å². The van der Waals surface area contributed by atoms with Crippen LogP contribution in [0.2, 0.25) is 0 Å². The van der Waals surface area contributed by atoms with Crippen LogP contribution in [0.1, 0.15) is 0 Å². The summed E-state index contributed by atoms with van der Waals surface area (Å²) in [5.41, 5.74) is 0.674. The molecule has 0 bridgehead atoms. The van der Waals surface area contributed by atoms with Gasteiger partial charge in [0.05, 0.1) is 19.7 Å². The molecule has 0 aliphatic carbocycles. The highest BCUT2D eigenvalue weighted by Crippen LogP contribution is 2.39. The van der Waals surface area contributed by atoms with E-state index in [0.29, 0.717) is 10.9 Å². The van der Waals surface area contributed by atoms with Gasteiger partial charge in [0.25, 0.3) is 5.88 Å². The van der Waals surface area contributed by atoms with Crippen molar-refractivity contribution in [3.63, 3.8) is 0 Å². The average Bonchev–Trinajstić information content (AvgIpc) is 2.29. The summed E-state index contributed by atoms with van der Waals surface area (Å²) in [5.74, 6) is 0.602. The molecule has 0 amide bonds. The third-order valence-electron chi connectivity index (χ3n) is 2.19. The number of aromatic nitrogens is 1. The zero-order valence-corrected chi connectivity index (χ0v) is 8.52. The summed E-state index contributed by atoms with van der Waals surface area (Å²) in [6.45, 7) is 0. The first-order chi connectivity index (χ1) is 7.27. The Morgan fingerprint density at radius 2 is 1.87 bits per heavy atom. The number of ether oxygens (including phenoxy) is 2. The molecule has 1 N–H and O–H groups in total. The first-order valence-electron chi connectivity index (χ1n) is 4.47. The lowest BCUT2D eigenvalue weighted by Crippen LogP contribution is -1.94. The van der Waals surface area contributed by atoms with Gasteiger partial charge in [-0.25, -0.2) is 4.98 Å². The van der Waals surface area contributed by atoms with Crippen LogP contribution in [0.5, 0.6) is 17.4 Å². The average molecular weight is 205 g/mol. The quantitative estimate of drug-likeness (QED) is 0.814. The van der Waals surface area contributed by atoms with Crippen molar-refractivity contribution in [2.45, 2.75) is 0 Å². The van der Waals surface area contributed by atoms with E-state index in [2.05, 4.69) is 4.98 Å². The number of benzene rings is 1. The van der Waals surface area contributed by atoms with Crippen LogP contribution in [0.15, 0.2) is 24.3 Å². The van der Waals surface area contributed by atoms with Gasteiger partial charge in [-0.3, -0.25) is 0 Å². The number of para-hydroxylation sites is 1. The van der Waals surface area contributed by atoms with Crippen molar-refractivity contribution in [2.24, 2.45) is 0 Å². The summed E-state index contributed by atoms with van der Waals surface area (Å²) >= 11 is 0. The Kier molecular flexibility index (Phi) is 2.33. The molecule has 4 heteroatoms. The first kappa shape index (κ1) is 9.58. The van der Waals surface area contributed by atoms with Crippen LogP contribution in [0.25, 0.3) is 10.9 Å². The largest absolute Gasteiger partial charge is 0.504 e. The van der Waals surface area contributed by atoms with Crippen molar-refractivity contribution in [3.05, 3.63) is 24.3 Å². The van der Waals surface area contributed by atoms with E-state index in [1.807, 2.05) is 12.1 Å². The Balaban J connectivity index is 2.81. The first-order valence-corrected chi connectivity index (χ1v) is 4.47. The van der Waals surface area contributed by atoms with Crippen LogP contribution in [0, 0.1) is 0 Å². The molecule has 15 heavy (non-hydrogen) atoms. The van der Waals surface area contributed by atoms with Crippen LogP contribution in [-0.2, 0) is 0 Å². The highest BCUT2D eigenvalue weighted by atomic mass is 16.5. The number of hydrogen-bond acceptors (Lipinski definition) is 4. The van der Waals surface area contributed by atoms with E-state index in [0.717, 1.165) is 0 Å². The maximum Gasteiger partial charge on any atom is 0.261 e.